The fourth-order valence-corrected chi connectivity index (χ4v) is 2.70. The van der Waals surface area contributed by atoms with E-state index in [4.69, 9.17) is 10.5 Å². The molecule has 0 spiro atoms. The van der Waals surface area contributed by atoms with Crippen molar-refractivity contribution in [1.82, 2.24) is 14.9 Å². The number of anilines is 1. The largest absolute Gasteiger partial charge is 0.458 e. The van der Waals surface area contributed by atoms with Gasteiger partial charge in [-0.1, -0.05) is 0 Å². The SMILES string of the molecule is CCOC(=O)SC(CCO)=C(C)N(C=O)Cc1cnc(C)nc1N.Cl. The monoisotopic (exact) mass is 390 g/mol. The Kier molecular flexibility index (Phi) is 10.8. The summed E-state index contributed by atoms with van der Waals surface area (Å²) in [6.07, 6.45) is 2.43. The molecule has 1 aromatic heterocycles. The summed E-state index contributed by atoms with van der Waals surface area (Å²) in [4.78, 5) is 33.2. The number of aliphatic hydroxyl groups excluding tert-OH is 1. The third kappa shape index (κ3) is 7.29. The zero-order valence-corrected chi connectivity index (χ0v) is 16.0. The Bertz CT molecular complexity index is 628. The van der Waals surface area contributed by atoms with Gasteiger partial charge in [-0.15, -0.1) is 12.4 Å². The third-order valence-corrected chi connectivity index (χ3v) is 4.16. The van der Waals surface area contributed by atoms with Crippen LogP contribution in [0.1, 0.15) is 31.7 Å². The lowest BCUT2D eigenvalue weighted by atomic mass is 10.2. The van der Waals surface area contributed by atoms with E-state index in [1.165, 1.54) is 4.90 Å². The van der Waals surface area contributed by atoms with E-state index in [0.29, 0.717) is 34.2 Å². The van der Waals surface area contributed by atoms with Gasteiger partial charge in [-0.05, 0) is 32.5 Å². The van der Waals surface area contributed by atoms with Crippen molar-refractivity contribution >= 4 is 41.7 Å². The van der Waals surface area contributed by atoms with Crippen LogP contribution in [0, 0.1) is 6.92 Å². The molecule has 1 rings (SSSR count). The molecule has 0 fully saturated rings. The van der Waals surface area contributed by atoms with Crippen molar-refractivity contribution in [2.45, 2.75) is 33.7 Å². The van der Waals surface area contributed by atoms with Crippen LogP contribution in [0.5, 0.6) is 0 Å². The maximum atomic E-state index is 11.7. The van der Waals surface area contributed by atoms with Crippen LogP contribution in [-0.2, 0) is 16.1 Å². The summed E-state index contributed by atoms with van der Waals surface area (Å²) in [7, 11) is 0. The Morgan fingerprint density at radius 3 is 2.72 bits per heavy atom. The molecular formula is C15H23ClN4O4S. The van der Waals surface area contributed by atoms with Gasteiger partial charge in [-0.25, -0.2) is 14.8 Å². The highest BCUT2D eigenvalue weighted by Gasteiger charge is 2.17. The third-order valence-electron chi connectivity index (χ3n) is 3.13. The average molecular weight is 391 g/mol. The lowest BCUT2D eigenvalue weighted by molar-refractivity contribution is -0.116. The Balaban J connectivity index is 0.00000576. The molecule has 8 nitrogen and oxygen atoms in total. The molecule has 0 radical (unpaired) electrons. The summed E-state index contributed by atoms with van der Waals surface area (Å²) in [5.41, 5.74) is 6.98. The fourth-order valence-electron chi connectivity index (χ4n) is 1.87. The molecule has 0 aliphatic carbocycles. The van der Waals surface area contributed by atoms with Gasteiger partial charge in [-0.3, -0.25) is 4.79 Å². The molecule has 1 amide bonds. The second-order valence-electron chi connectivity index (χ2n) is 4.83. The molecule has 0 bridgehead atoms. The fraction of sp³-hybridized carbons (Fsp3) is 0.467. The van der Waals surface area contributed by atoms with Crippen molar-refractivity contribution < 1.29 is 19.4 Å². The summed E-state index contributed by atoms with van der Waals surface area (Å²) in [6.45, 7) is 5.39. The molecule has 3 N–H and O–H groups in total. The van der Waals surface area contributed by atoms with Gasteiger partial charge < -0.3 is 20.5 Å². The number of ether oxygens (including phenoxy) is 1. The highest BCUT2D eigenvalue weighted by atomic mass is 35.5. The number of amides is 1. The molecule has 1 aromatic rings. The number of hydrogen-bond donors (Lipinski definition) is 2. The molecule has 0 saturated heterocycles. The molecule has 0 aromatic carbocycles. The lowest BCUT2D eigenvalue weighted by Crippen LogP contribution is -2.22. The van der Waals surface area contributed by atoms with E-state index in [1.54, 1.807) is 27.0 Å². The number of aromatic nitrogens is 2. The van der Waals surface area contributed by atoms with Crippen molar-refractivity contribution in [2.24, 2.45) is 0 Å². The normalized spacial score (nSPS) is 11.2. The van der Waals surface area contributed by atoms with Crippen LogP contribution >= 0.6 is 24.2 Å². The summed E-state index contributed by atoms with van der Waals surface area (Å²) in [5, 5.41) is 8.72. The van der Waals surface area contributed by atoms with E-state index < -0.39 is 5.30 Å². The first-order valence-corrected chi connectivity index (χ1v) is 8.19. The second kappa shape index (κ2) is 11.7. The van der Waals surface area contributed by atoms with Crippen LogP contribution in [0.15, 0.2) is 16.8 Å². The van der Waals surface area contributed by atoms with E-state index in [0.717, 1.165) is 11.8 Å². The maximum Gasteiger partial charge on any atom is 0.371 e. The summed E-state index contributed by atoms with van der Waals surface area (Å²) in [6, 6.07) is 0. The molecule has 10 heteroatoms. The van der Waals surface area contributed by atoms with Crippen LogP contribution in [0.25, 0.3) is 0 Å². The average Bonchev–Trinajstić information content (AvgIpc) is 2.53. The van der Waals surface area contributed by atoms with Crippen molar-refractivity contribution in [3.05, 3.63) is 28.2 Å². The van der Waals surface area contributed by atoms with Gasteiger partial charge in [0.2, 0.25) is 6.41 Å². The van der Waals surface area contributed by atoms with Gasteiger partial charge in [-0.2, -0.15) is 0 Å². The van der Waals surface area contributed by atoms with E-state index in [1.807, 2.05) is 0 Å². The van der Waals surface area contributed by atoms with Gasteiger partial charge in [0.25, 0.3) is 0 Å². The van der Waals surface area contributed by atoms with Crippen molar-refractivity contribution in [3.63, 3.8) is 0 Å². The van der Waals surface area contributed by atoms with Gasteiger partial charge >= 0.3 is 5.30 Å². The molecule has 0 saturated carbocycles. The Morgan fingerprint density at radius 1 is 1.52 bits per heavy atom. The number of halogens is 1. The van der Waals surface area contributed by atoms with Crippen LogP contribution in [0.2, 0.25) is 0 Å². The second-order valence-corrected chi connectivity index (χ2v) is 5.86. The molecule has 0 aliphatic rings. The summed E-state index contributed by atoms with van der Waals surface area (Å²) in [5.74, 6) is 0.837. The molecule has 140 valence electrons. The number of allylic oxidation sites excluding steroid dienone is 1. The minimum atomic E-state index is -0.482. The van der Waals surface area contributed by atoms with Crippen LogP contribution in [0.4, 0.5) is 10.6 Å². The summed E-state index contributed by atoms with van der Waals surface area (Å²) >= 11 is 0.858. The van der Waals surface area contributed by atoms with Gasteiger partial charge in [0, 0.05) is 35.4 Å². The highest BCUT2D eigenvalue weighted by Crippen LogP contribution is 2.27. The zero-order valence-electron chi connectivity index (χ0n) is 14.4. The highest BCUT2D eigenvalue weighted by molar-refractivity contribution is 8.16. The van der Waals surface area contributed by atoms with Crippen molar-refractivity contribution in [3.8, 4) is 0 Å². The number of rotatable bonds is 8. The lowest BCUT2D eigenvalue weighted by Gasteiger charge is -2.21. The van der Waals surface area contributed by atoms with Crippen LogP contribution < -0.4 is 5.73 Å². The Labute approximate surface area is 157 Å². The number of aliphatic hydroxyl groups is 1. The zero-order chi connectivity index (χ0) is 18.1. The van der Waals surface area contributed by atoms with Gasteiger partial charge in [0.05, 0.1) is 13.2 Å². The quantitative estimate of drug-likeness (QED) is 0.512. The standard InChI is InChI=1S/C15H22N4O4S.ClH/c1-4-23-15(22)24-13(5-6-20)10(2)19(9-21)8-12-7-17-11(3)18-14(12)16;/h7,9,20H,4-6,8H2,1-3H3,(H2,16,17,18);1H. The van der Waals surface area contributed by atoms with Crippen LogP contribution in [-0.4, -0.2) is 44.9 Å². The number of nitrogens with zero attached hydrogens (tertiary/aromatic N) is 3. The predicted molar refractivity (Wildman–Crippen MR) is 99.1 cm³/mol. The maximum absolute atomic E-state index is 11.7. The van der Waals surface area contributed by atoms with E-state index >= 15 is 0 Å². The van der Waals surface area contributed by atoms with E-state index in [-0.39, 0.29) is 38.6 Å². The molecule has 1 heterocycles. The first-order valence-electron chi connectivity index (χ1n) is 7.38. The number of nitrogen functional groups attached to an aromatic ring is 1. The van der Waals surface area contributed by atoms with Crippen molar-refractivity contribution in [1.29, 1.82) is 0 Å². The number of hydrogen-bond acceptors (Lipinski definition) is 8. The topological polar surface area (TPSA) is 119 Å². The minimum absolute atomic E-state index is 0. The smallest absolute Gasteiger partial charge is 0.371 e. The van der Waals surface area contributed by atoms with Crippen molar-refractivity contribution in [2.75, 3.05) is 18.9 Å². The Hall–Kier alpha value is -1.84. The summed E-state index contributed by atoms with van der Waals surface area (Å²) < 4.78 is 4.89. The first-order chi connectivity index (χ1) is 11.4. The van der Waals surface area contributed by atoms with Gasteiger partial charge in [0.1, 0.15) is 11.6 Å². The minimum Gasteiger partial charge on any atom is -0.458 e. The number of nitrogens with two attached hydrogens (primary N) is 1. The molecule has 0 aliphatic heterocycles. The number of aryl methyl sites for hydroxylation is 1. The van der Waals surface area contributed by atoms with E-state index in [9.17, 15) is 14.7 Å². The molecule has 25 heavy (non-hydrogen) atoms. The molecular weight excluding hydrogens is 368 g/mol. The van der Waals surface area contributed by atoms with E-state index in [2.05, 4.69) is 9.97 Å². The predicted octanol–water partition coefficient (Wildman–Crippen LogP) is 2.25. The number of thioether (sulfide) groups is 1. The van der Waals surface area contributed by atoms with Gasteiger partial charge in [0.15, 0.2) is 0 Å². The Morgan fingerprint density at radius 2 is 2.20 bits per heavy atom. The first kappa shape index (κ1) is 23.2. The molecule has 0 unspecified atom stereocenters. The number of carbonyl (C=O) groups excluding carboxylic acids is 2. The number of carbonyl (C=O) groups is 2. The molecule has 0 atom stereocenters. The van der Waals surface area contributed by atoms with Crippen LogP contribution in [0.3, 0.4) is 0 Å².